The zero-order chi connectivity index (χ0) is 13.7. The summed E-state index contributed by atoms with van der Waals surface area (Å²) >= 11 is 0. The molecule has 2 rings (SSSR count). The topological polar surface area (TPSA) is 43.1 Å². The van der Waals surface area contributed by atoms with Gasteiger partial charge < -0.3 is 5.73 Å². The van der Waals surface area contributed by atoms with Gasteiger partial charge in [-0.05, 0) is 43.0 Å². The minimum absolute atomic E-state index is 0.678. The van der Waals surface area contributed by atoms with Crippen molar-refractivity contribution < 1.29 is 4.21 Å². The Kier molecular flexibility index (Phi) is 4.74. The van der Waals surface area contributed by atoms with E-state index in [-0.39, 0.29) is 0 Å². The van der Waals surface area contributed by atoms with Gasteiger partial charge in [-0.25, -0.2) is 0 Å². The second-order valence-corrected chi connectivity index (χ2v) is 6.20. The quantitative estimate of drug-likeness (QED) is 0.849. The first-order valence-electron chi connectivity index (χ1n) is 6.45. The van der Waals surface area contributed by atoms with E-state index in [4.69, 9.17) is 5.73 Å². The van der Waals surface area contributed by atoms with Gasteiger partial charge in [0.15, 0.2) is 0 Å². The summed E-state index contributed by atoms with van der Waals surface area (Å²) in [6, 6.07) is 15.9. The highest BCUT2D eigenvalue weighted by atomic mass is 32.2. The lowest BCUT2D eigenvalue weighted by Crippen LogP contribution is -2.02. The fourth-order valence-corrected chi connectivity index (χ4v) is 3.35. The van der Waals surface area contributed by atoms with Gasteiger partial charge in [-0.1, -0.05) is 36.4 Å². The van der Waals surface area contributed by atoms with E-state index < -0.39 is 10.8 Å². The summed E-state index contributed by atoms with van der Waals surface area (Å²) < 4.78 is 12.3. The van der Waals surface area contributed by atoms with Crippen molar-refractivity contribution in [3.63, 3.8) is 0 Å². The molecule has 2 N–H and O–H groups in total. The van der Waals surface area contributed by atoms with Gasteiger partial charge in [-0.15, -0.1) is 0 Å². The lowest BCUT2D eigenvalue weighted by molar-refractivity contribution is 0.680. The smallest absolute Gasteiger partial charge is 0.0533 e. The molecule has 0 aromatic heterocycles. The van der Waals surface area contributed by atoms with Crippen LogP contribution in [0.25, 0.3) is 0 Å². The second-order valence-electron chi connectivity index (χ2n) is 4.66. The van der Waals surface area contributed by atoms with Gasteiger partial charge in [0.2, 0.25) is 0 Å². The summed E-state index contributed by atoms with van der Waals surface area (Å²) in [5.74, 6) is 0.680. The Labute approximate surface area is 117 Å². The number of rotatable bonds is 5. The molecule has 0 saturated carbocycles. The van der Waals surface area contributed by atoms with Crippen LogP contribution >= 0.6 is 0 Å². The maximum Gasteiger partial charge on any atom is 0.0533 e. The highest BCUT2D eigenvalue weighted by Gasteiger charge is 2.07. The number of hydrogen-bond donors (Lipinski definition) is 1. The number of benzene rings is 2. The van der Waals surface area contributed by atoms with Crippen LogP contribution < -0.4 is 5.73 Å². The number of anilines is 1. The third kappa shape index (κ3) is 3.93. The van der Waals surface area contributed by atoms with Crippen LogP contribution in [0.3, 0.4) is 0 Å². The Morgan fingerprint density at radius 3 is 2.58 bits per heavy atom. The molecule has 2 aromatic rings. The predicted octanol–water partition coefficient (Wildman–Crippen LogP) is 3.32. The van der Waals surface area contributed by atoms with Crippen molar-refractivity contribution in [2.45, 2.75) is 24.7 Å². The van der Waals surface area contributed by atoms with E-state index in [1.807, 2.05) is 43.3 Å². The molecule has 2 aromatic carbocycles. The first-order valence-corrected chi connectivity index (χ1v) is 7.77. The van der Waals surface area contributed by atoms with Crippen LogP contribution in [0.5, 0.6) is 0 Å². The van der Waals surface area contributed by atoms with Crippen molar-refractivity contribution in [2.24, 2.45) is 0 Å². The number of nitrogen functional groups attached to an aromatic ring is 1. The zero-order valence-electron chi connectivity index (χ0n) is 11.1. The summed E-state index contributed by atoms with van der Waals surface area (Å²) in [6.45, 7) is 1.98. The van der Waals surface area contributed by atoms with Crippen LogP contribution in [0.15, 0.2) is 53.4 Å². The molecule has 0 aliphatic rings. The van der Waals surface area contributed by atoms with Crippen molar-refractivity contribution in [3.05, 3.63) is 59.7 Å². The van der Waals surface area contributed by atoms with Crippen LogP contribution in [0.4, 0.5) is 5.69 Å². The van der Waals surface area contributed by atoms with Gasteiger partial charge in [0, 0.05) is 16.3 Å². The van der Waals surface area contributed by atoms with Crippen LogP contribution in [-0.2, 0) is 17.2 Å². The van der Waals surface area contributed by atoms with Crippen molar-refractivity contribution in [1.29, 1.82) is 0 Å². The van der Waals surface area contributed by atoms with Crippen LogP contribution in [0.2, 0.25) is 0 Å². The molecular weight excluding hydrogens is 254 g/mol. The molecule has 0 fully saturated rings. The highest BCUT2D eigenvalue weighted by Crippen LogP contribution is 2.17. The van der Waals surface area contributed by atoms with Crippen molar-refractivity contribution in [1.82, 2.24) is 0 Å². The van der Waals surface area contributed by atoms with Gasteiger partial charge >= 0.3 is 0 Å². The molecular formula is C16H19NOS. The third-order valence-electron chi connectivity index (χ3n) is 3.10. The predicted molar refractivity (Wildman–Crippen MR) is 81.6 cm³/mol. The third-order valence-corrected chi connectivity index (χ3v) is 4.69. The average molecular weight is 273 g/mol. The maximum atomic E-state index is 12.3. The molecule has 0 aliphatic heterocycles. The van der Waals surface area contributed by atoms with Crippen molar-refractivity contribution in [2.75, 3.05) is 11.5 Å². The lowest BCUT2D eigenvalue weighted by Gasteiger charge is -2.07. The summed E-state index contributed by atoms with van der Waals surface area (Å²) in [6.07, 6.45) is 1.89. The molecule has 0 radical (unpaired) electrons. The second kappa shape index (κ2) is 6.53. The fourth-order valence-electron chi connectivity index (χ4n) is 2.02. The van der Waals surface area contributed by atoms with E-state index in [9.17, 15) is 4.21 Å². The summed E-state index contributed by atoms with van der Waals surface area (Å²) in [4.78, 5) is 0.869. The first kappa shape index (κ1) is 13.8. The largest absolute Gasteiger partial charge is 0.399 e. The van der Waals surface area contributed by atoms with Crippen LogP contribution in [-0.4, -0.2) is 9.96 Å². The Hall–Kier alpha value is -1.61. The van der Waals surface area contributed by atoms with Gasteiger partial charge in [-0.2, -0.15) is 0 Å². The van der Waals surface area contributed by atoms with Gasteiger partial charge in [0.05, 0.1) is 10.8 Å². The lowest BCUT2D eigenvalue weighted by atomic mass is 10.1. The summed E-state index contributed by atoms with van der Waals surface area (Å²) in [5, 5.41) is 0. The van der Waals surface area contributed by atoms with Crippen LogP contribution in [0.1, 0.15) is 17.5 Å². The highest BCUT2D eigenvalue weighted by molar-refractivity contribution is 7.85. The first-order chi connectivity index (χ1) is 9.16. The van der Waals surface area contributed by atoms with Crippen molar-refractivity contribution >= 4 is 16.5 Å². The number of aryl methyl sites for hydroxylation is 2. The molecule has 0 heterocycles. The Bertz CT molecular complexity index is 566. The molecule has 0 spiro atoms. The van der Waals surface area contributed by atoms with E-state index >= 15 is 0 Å². The normalized spacial score (nSPS) is 12.3. The number of hydrogen-bond acceptors (Lipinski definition) is 2. The average Bonchev–Trinajstić information content (AvgIpc) is 2.42. The minimum atomic E-state index is -0.959. The Morgan fingerprint density at radius 2 is 1.84 bits per heavy atom. The number of nitrogens with two attached hydrogens (primary N) is 1. The molecule has 1 unspecified atom stereocenters. The van der Waals surface area contributed by atoms with Crippen LogP contribution in [0, 0.1) is 6.92 Å². The van der Waals surface area contributed by atoms with Gasteiger partial charge in [-0.3, -0.25) is 4.21 Å². The van der Waals surface area contributed by atoms with E-state index in [0.717, 1.165) is 23.3 Å². The van der Waals surface area contributed by atoms with E-state index in [0.29, 0.717) is 11.4 Å². The van der Waals surface area contributed by atoms with Crippen molar-refractivity contribution in [3.8, 4) is 0 Å². The zero-order valence-corrected chi connectivity index (χ0v) is 12.0. The standard InChI is InChI=1S/C16H19NOS/c1-13-9-10-15(17)12-16(13)19(18)11-5-8-14-6-3-2-4-7-14/h2-4,6-7,9-10,12H,5,8,11,17H2,1H3. The molecule has 100 valence electrons. The summed E-state index contributed by atoms with van der Waals surface area (Å²) in [5.41, 5.74) is 8.77. The fraction of sp³-hybridized carbons (Fsp3) is 0.250. The monoisotopic (exact) mass is 273 g/mol. The molecule has 0 amide bonds. The van der Waals surface area contributed by atoms with E-state index in [2.05, 4.69) is 12.1 Å². The molecule has 2 nitrogen and oxygen atoms in total. The molecule has 1 atom stereocenters. The van der Waals surface area contributed by atoms with Gasteiger partial charge in [0.25, 0.3) is 0 Å². The molecule has 19 heavy (non-hydrogen) atoms. The molecule has 0 saturated heterocycles. The van der Waals surface area contributed by atoms with E-state index in [1.54, 1.807) is 0 Å². The molecule has 0 bridgehead atoms. The Morgan fingerprint density at radius 1 is 1.11 bits per heavy atom. The minimum Gasteiger partial charge on any atom is -0.399 e. The SMILES string of the molecule is Cc1ccc(N)cc1S(=O)CCCc1ccccc1. The van der Waals surface area contributed by atoms with Gasteiger partial charge in [0.1, 0.15) is 0 Å². The maximum absolute atomic E-state index is 12.3. The summed E-state index contributed by atoms with van der Waals surface area (Å²) in [7, 11) is -0.959. The Balaban J connectivity index is 1.93. The molecule has 3 heteroatoms. The van der Waals surface area contributed by atoms with E-state index in [1.165, 1.54) is 5.56 Å². The molecule has 0 aliphatic carbocycles.